The van der Waals surface area contributed by atoms with Gasteiger partial charge in [-0.25, -0.2) is 14.2 Å². The van der Waals surface area contributed by atoms with Crippen LogP contribution in [0.3, 0.4) is 0 Å². The number of halogens is 2. The van der Waals surface area contributed by atoms with Gasteiger partial charge in [-0.1, -0.05) is 18.5 Å². The van der Waals surface area contributed by atoms with E-state index in [1.807, 2.05) is 6.92 Å². The summed E-state index contributed by atoms with van der Waals surface area (Å²) in [6.45, 7) is 1.78. The number of aromatic nitrogens is 3. The number of pyridine rings is 1. The lowest BCUT2D eigenvalue weighted by Crippen LogP contribution is -2.41. The van der Waals surface area contributed by atoms with Crippen molar-refractivity contribution >= 4 is 55.0 Å². The highest BCUT2D eigenvalue weighted by atomic mass is 35.5. The van der Waals surface area contributed by atoms with Crippen LogP contribution in [0, 0.1) is 5.82 Å². The molecule has 3 heterocycles. The quantitative estimate of drug-likeness (QED) is 0.507. The maximum absolute atomic E-state index is 13.4. The number of anilines is 1. The van der Waals surface area contributed by atoms with Crippen LogP contribution in [-0.4, -0.2) is 20.0 Å². The van der Waals surface area contributed by atoms with Crippen LogP contribution in [0.25, 0.3) is 20.4 Å². The number of amides is 1. The number of benzene rings is 1. The molecule has 0 unspecified atom stereocenters. The van der Waals surface area contributed by atoms with Crippen LogP contribution in [0.4, 0.5) is 10.1 Å². The number of hydrogen-bond acceptors (Lipinski definition) is 5. The Labute approximate surface area is 178 Å². The number of hydrogen-bond donors (Lipinski definition) is 1. The summed E-state index contributed by atoms with van der Waals surface area (Å²) in [5.74, 6) is -1.11. The highest BCUT2D eigenvalue weighted by Gasteiger charge is 2.20. The monoisotopic (exact) mass is 446 g/mol. The van der Waals surface area contributed by atoms with Crippen LogP contribution in [0.5, 0.6) is 0 Å². The second-order valence-electron chi connectivity index (χ2n) is 6.64. The zero-order valence-electron chi connectivity index (χ0n) is 15.8. The third kappa shape index (κ3) is 3.50. The summed E-state index contributed by atoms with van der Waals surface area (Å²) in [5, 5.41) is 3.11. The van der Waals surface area contributed by atoms with Crippen LogP contribution < -0.4 is 16.6 Å². The molecule has 0 saturated heterocycles. The largest absolute Gasteiger partial charge is 0.332 e. The number of thiophene rings is 1. The summed E-state index contributed by atoms with van der Waals surface area (Å²) in [4.78, 5) is 43.5. The highest BCUT2D eigenvalue weighted by Crippen LogP contribution is 2.29. The first-order chi connectivity index (χ1) is 14.4. The van der Waals surface area contributed by atoms with E-state index >= 15 is 0 Å². The van der Waals surface area contributed by atoms with E-state index in [-0.39, 0.29) is 23.7 Å². The van der Waals surface area contributed by atoms with Gasteiger partial charge >= 0.3 is 5.69 Å². The summed E-state index contributed by atoms with van der Waals surface area (Å²) < 4.78 is 16.1. The molecular formula is C20H16ClFN4O3S. The van der Waals surface area contributed by atoms with Crippen molar-refractivity contribution in [3.63, 3.8) is 0 Å². The molecule has 7 nitrogen and oxygen atoms in total. The fourth-order valence-electron chi connectivity index (χ4n) is 3.27. The molecule has 0 fully saturated rings. The van der Waals surface area contributed by atoms with Gasteiger partial charge in [-0.15, -0.1) is 11.3 Å². The predicted molar refractivity (Wildman–Crippen MR) is 116 cm³/mol. The summed E-state index contributed by atoms with van der Waals surface area (Å²) in [6, 6.07) is 7.27. The van der Waals surface area contributed by atoms with Gasteiger partial charge in [0, 0.05) is 23.8 Å². The van der Waals surface area contributed by atoms with Gasteiger partial charge in [0.15, 0.2) is 0 Å². The zero-order chi connectivity index (χ0) is 21.4. The van der Waals surface area contributed by atoms with Gasteiger partial charge in [0.05, 0.1) is 10.5 Å². The summed E-state index contributed by atoms with van der Waals surface area (Å²) in [5.41, 5.74) is -0.265. The van der Waals surface area contributed by atoms with Crippen molar-refractivity contribution in [3.05, 3.63) is 68.2 Å². The fourth-order valence-corrected chi connectivity index (χ4v) is 4.55. The SMILES string of the molecule is CCCn1c(=O)c2sc3ncccc3c2n(CC(=O)Nc2ccc(F)c(Cl)c2)c1=O. The van der Waals surface area contributed by atoms with Crippen LogP contribution >= 0.6 is 22.9 Å². The normalized spacial score (nSPS) is 11.3. The molecule has 1 aromatic carbocycles. The minimum atomic E-state index is -0.600. The van der Waals surface area contributed by atoms with E-state index in [4.69, 9.17) is 11.6 Å². The minimum Gasteiger partial charge on any atom is -0.324 e. The average Bonchev–Trinajstić information content (AvgIpc) is 3.11. The van der Waals surface area contributed by atoms with E-state index in [9.17, 15) is 18.8 Å². The third-order valence-electron chi connectivity index (χ3n) is 4.56. The van der Waals surface area contributed by atoms with Gasteiger partial charge in [-0.05, 0) is 36.8 Å². The van der Waals surface area contributed by atoms with Crippen molar-refractivity contribution in [1.29, 1.82) is 0 Å². The van der Waals surface area contributed by atoms with Gasteiger partial charge in [-0.2, -0.15) is 0 Å². The van der Waals surface area contributed by atoms with Crippen LogP contribution in [0.2, 0.25) is 5.02 Å². The summed E-state index contributed by atoms with van der Waals surface area (Å²) >= 11 is 6.95. The second kappa shape index (κ2) is 8.00. The Kier molecular flexibility index (Phi) is 5.40. The standard InChI is InChI=1S/C20H16ClFN4O3S/c1-2-8-25-19(28)17-16(12-4-3-7-23-18(12)30-17)26(20(25)29)10-15(27)24-11-5-6-14(22)13(21)9-11/h3-7,9H,2,8,10H2,1H3,(H,24,27). The Morgan fingerprint density at radius 3 is 2.80 bits per heavy atom. The molecule has 0 aliphatic rings. The van der Waals surface area contributed by atoms with Crippen LogP contribution in [-0.2, 0) is 17.9 Å². The molecule has 3 aromatic heterocycles. The Morgan fingerprint density at radius 1 is 1.27 bits per heavy atom. The summed E-state index contributed by atoms with van der Waals surface area (Å²) in [6.07, 6.45) is 2.19. The van der Waals surface area contributed by atoms with E-state index in [2.05, 4.69) is 10.3 Å². The van der Waals surface area contributed by atoms with Crippen molar-refractivity contribution in [3.8, 4) is 0 Å². The number of nitrogens with one attached hydrogen (secondary N) is 1. The molecule has 1 N–H and O–H groups in total. The first-order valence-corrected chi connectivity index (χ1v) is 10.4. The smallest absolute Gasteiger partial charge is 0.324 e. The van der Waals surface area contributed by atoms with Crippen molar-refractivity contribution in [2.45, 2.75) is 26.4 Å². The Bertz CT molecular complexity index is 1410. The molecular weight excluding hydrogens is 431 g/mol. The summed E-state index contributed by atoms with van der Waals surface area (Å²) in [7, 11) is 0. The Hall–Kier alpha value is -3.04. The average molecular weight is 447 g/mol. The fraction of sp³-hybridized carbons (Fsp3) is 0.200. The number of rotatable bonds is 5. The molecule has 0 aliphatic heterocycles. The van der Waals surface area contributed by atoms with Gasteiger partial charge in [-0.3, -0.25) is 18.7 Å². The minimum absolute atomic E-state index is 0.126. The van der Waals surface area contributed by atoms with Crippen molar-refractivity contribution in [2.75, 3.05) is 5.32 Å². The topological polar surface area (TPSA) is 86.0 Å². The van der Waals surface area contributed by atoms with E-state index in [1.54, 1.807) is 18.3 Å². The van der Waals surface area contributed by atoms with Crippen molar-refractivity contribution in [1.82, 2.24) is 14.1 Å². The number of carbonyl (C=O) groups is 1. The zero-order valence-corrected chi connectivity index (χ0v) is 17.4. The van der Waals surface area contributed by atoms with E-state index in [1.165, 1.54) is 28.0 Å². The third-order valence-corrected chi connectivity index (χ3v) is 5.94. The molecule has 4 aromatic rings. The molecule has 0 saturated carbocycles. The Morgan fingerprint density at radius 2 is 2.07 bits per heavy atom. The van der Waals surface area contributed by atoms with E-state index in [0.29, 0.717) is 32.5 Å². The van der Waals surface area contributed by atoms with Crippen LogP contribution in [0.15, 0.2) is 46.1 Å². The number of nitrogens with zero attached hydrogens (tertiary/aromatic N) is 3. The molecule has 1 amide bonds. The molecule has 10 heteroatoms. The predicted octanol–water partition coefficient (Wildman–Crippen LogP) is 3.61. The maximum atomic E-state index is 13.4. The molecule has 0 atom stereocenters. The molecule has 0 aliphatic carbocycles. The molecule has 0 radical (unpaired) electrons. The molecule has 154 valence electrons. The van der Waals surface area contributed by atoms with Gasteiger partial charge in [0.25, 0.3) is 5.56 Å². The lowest BCUT2D eigenvalue weighted by molar-refractivity contribution is -0.116. The van der Waals surface area contributed by atoms with E-state index in [0.717, 1.165) is 10.6 Å². The van der Waals surface area contributed by atoms with Gasteiger partial charge in [0.2, 0.25) is 5.91 Å². The van der Waals surface area contributed by atoms with Gasteiger partial charge < -0.3 is 5.32 Å². The lowest BCUT2D eigenvalue weighted by atomic mass is 10.3. The van der Waals surface area contributed by atoms with E-state index < -0.39 is 17.4 Å². The molecule has 30 heavy (non-hydrogen) atoms. The van der Waals surface area contributed by atoms with Crippen LogP contribution in [0.1, 0.15) is 13.3 Å². The maximum Gasteiger partial charge on any atom is 0.332 e. The van der Waals surface area contributed by atoms with Crippen molar-refractivity contribution < 1.29 is 9.18 Å². The first kappa shape index (κ1) is 20.2. The lowest BCUT2D eigenvalue weighted by Gasteiger charge is -2.12. The molecule has 4 rings (SSSR count). The molecule has 0 spiro atoms. The number of carbonyl (C=O) groups excluding carboxylic acids is 1. The highest BCUT2D eigenvalue weighted by molar-refractivity contribution is 7.25. The van der Waals surface area contributed by atoms with Crippen molar-refractivity contribution in [2.24, 2.45) is 0 Å². The Balaban J connectivity index is 1.84. The molecule has 0 bridgehead atoms. The first-order valence-electron chi connectivity index (χ1n) is 9.16. The number of fused-ring (bicyclic) bond motifs is 3. The van der Waals surface area contributed by atoms with Gasteiger partial charge in [0.1, 0.15) is 21.9 Å². The second-order valence-corrected chi connectivity index (χ2v) is 8.04.